The number of hydrogen-bond donors (Lipinski definition) is 1. The lowest BCUT2D eigenvalue weighted by Crippen LogP contribution is -2.30. The van der Waals surface area contributed by atoms with Gasteiger partial charge in [0.2, 0.25) is 0 Å². The van der Waals surface area contributed by atoms with E-state index in [1.807, 2.05) is 35.0 Å². The first-order chi connectivity index (χ1) is 9.74. The van der Waals surface area contributed by atoms with Crippen LogP contribution in [0.4, 0.5) is 0 Å². The Balaban J connectivity index is 1.59. The van der Waals surface area contributed by atoms with Crippen LogP contribution in [0.15, 0.2) is 43.0 Å². The Kier molecular flexibility index (Phi) is 5.85. The van der Waals surface area contributed by atoms with E-state index in [1.54, 1.807) is 12.5 Å². The number of hydrogen-bond acceptors (Lipinski definition) is 3. The number of ether oxygens (including phenoxy) is 1. The van der Waals surface area contributed by atoms with Crippen LogP contribution in [0.1, 0.15) is 6.42 Å². The average molecular weight is 385 g/mol. The van der Waals surface area contributed by atoms with E-state index >= 15 is 0 Å². The molecular weight excluding hydrogens is 369 g/mol. The third-order valence-corrected chi connectivity index (χ3v) is 3.38. The second kappa shape index (κ2) is 7.88. The van der Waals surface area contributed by atoms with Crippen LogP contribution in [0.5, 0.6) is 5.75 Å². The van der Waals surface area contributed by atoms with Crippen LogP contribution in [-0.2, 0) is 11.3 Å². The van der Waals surface area contributed by atoms with Crippen LogP contribution in [-0.4, -0.2) is 28.6 Å². The first-order valence-corrected chi connectivity index (χ1v) is 7.43. The van der Waals surface area contributed by atoms with Crippen molar-refractivity contribution in [3.8, 4) is 5.75 Å². The fraction of sp³-hybridized carbons (Fsp3) is 0.286. The van der Waals surface area contributed by atoms with Gasteiger partial charge in [0, 0.05) is 29.1 Å². The van der Waals surface area contributed by atoms with Crippen molar-refractivity contribution in [3.63, 3.8) is 0 Å². The maximum Gasteiger partial charge on any atom is 0.257 e. The smallest absolute Gasteiger partial charge is 0.257 e. The van der Waals surface area contributed by atoms with Crippen LogP contribution >= 0.6 is 22.6 Å². The number of aryl methyl sites for hydroxylation is 1. The van der Waals surface area contributed by atoms with Gasteiger partial charge in [0.15, 0.2) is 6.61 Å². The Bertz CT molecular complexity index is 526. The van der Waals surface area contributed by atoms with E-state index in [2.05, 4.69) is 32.9 Å². The number of nitrogens with zero attached hydrogens (tertiary/aromatic N) is 2. The first-order valence-electron chi connectivity index (χ1n) is 6.35. The molecule has 1 aromatic heterocycles. The number of rotatable bonds is 7. The molecular formula is C14H16IN3O2. The molecule has 20 heavy (non-hydrogen) atoms. The Morgan fingerprint density at radius 3 is 2.85 bits per heavy atom. The van der Waals surface area contributed by atoms with E-state index in [4.69, 9.17) is 4.74 Å². The molecule has 0 aliphatic rings. The molecule has 0 spiro atoms. The standard InChI is InChI=1S/C14H16IN3O2/c15-12-2-4-13(5-3-12)20-10-14(19)17-6-1-8-18-9-7-16-11-18/h2-5,7,9,11H,1,6,8,10H2,(H,17,19). The van der Waals surface area contributed by atoms with Crippen molar-refractivity contribution >= 4 is 28.5 Å². The molecule has 6 heteroatoms. The lowest BCUT2D eigenvalue weighted by Gasteiger charge is -2.07. The summed E-state index contributed by atoms with van der Waals surface area (Å²) in [7, 11) is 0. The Labute approximate surface area is 131 Å². The van der Waals surface area contributed by atoms with Gasteiger partial charge in [-0.2, -0.15) is 0 Å². The number of imidazole rings is 1. The van der Waals surface area contributed by atoms with E-state index in [0.29, 0.717) is 12.3 Å². The number of nitrogens with one attached hydrogen (secondary N) is 1. The van der Waals surface area contributed by atoms with Crippen LogP contribution in [0.2, 0.25) is 0 Å². The van der Waals surface area contributed by atoms with Gasteiger partial charge < -0.3 is 14.6 Å². The molecule has 0 saturated heterocycles. The molecule has 0 aliphatic carbocycles. The van der Waals surface area contributed by atoms with Crippen molar-refractivity contribution in [1.82, 2.24) is 14.9 Å². The molecule has 0 atom stereocenters. The second-order valence-electron chi connectivity index (χ2n) is 4.25. The van der Waals surface area contributed by atoms with E-state index in [1.165, 1.54) is 0 Å². The van der Waals surface area contributed by atoms with Crippen LogP contribution in [0, 0.1) is 3.57 Å². The van der Waals surface area contributed by atoms with Gasteiger partial charge in [0.25, 0.3) is 5.91 Å². The van der Waals surface area contributed by atoms with Crippen molar-refractivity contribution in [3.05, 3.63) is 46.6 Å². The van der Waals surface area contributed by atoms with Crippen LogP contribution < -0.4 is 10.1 Å². The van der Waals surface area contributed by atoms with Gasteiger partial charge in [-0.15, -0.1) is 0 Å². The molecule has 0 saturated carbocycles. The molecule has 1 aromatic carbocycles. The first kappa shape index (κ1) is 14.8. The molecule has 2 rings (SSSR count). The van der Waals surface area contributed by atoms with Gasteiger partial charge in [-0.3, -0.25) is 4.79 Å². The maximum absolute atomic E-state index is 11.6. The quantitative estimate of drug-likeness (QED) is 0.587. The molecule has 1 N–H and O–H groups in total. The summed E-state index contributed by atoms with van der Waals surface area (Å²) in [6, 6.07) is 7.60. The molecule has 106 valence electrons. The second-order valence-corrected chi connectivity index (χ2v) is 5.49. The Morgan fingerprint density at radius 1 is 1.35 bits per heavy atom. The number of carbonyl (C=O) groups is 1. The third-order valence-electron chi connectivity index (χ3n) is 2.66. The SMILES string of the molecule is O=C(COc1ccc(I)cc1)NCCCn1ccnc1. The van der Waals surface area contributed by atoms with E-state index in [0.717, 1.165) is 16.5 Å². The predicted octanol–water partition coefficient (Wildman–Crippen LogP) is 2.07. The number of halogens is 1. The zero-order valence-corrected chi connectivity index (χ0v) is 13.1. The summed E-state index contributed by atoms with van der Waals surface area (Å²) < 4.78 is 8.51. The monoisotopic (exact) mass is 385 g/mol. The van der Waals surface area contributed by atoms with Gasteiger partial charge in [-0.1, -0.05) is 0 Å². The minimum absolute atomic E-state index is 0.0473. The summed E-state index contributed by atoms with van der Waals surface area (Å²) in [4.78, 5) is 15.5. The van der Waals surface area contributed by atoms with Gasteiger partial charge in [-0.05, 0) is 53.3 Å². The van der Waals surface area contributed by atoms with Crippen molar-refractivity contribution in [2.75, 3.05) is 13.2 Å². The summed E-state index contributed by atoms with van der Waals surface area (Å²) >= 11 is 2.22. The fourth-order valence-corrected chi connectivity index (χ4v) is 2.00. The van der Waals surface area contributed by atoms with Gasteiger partial charge in [0.05, 0.1) is 6.33 Å². The summed E-state index contributed by atoms with van der Waals surface area (Å²) in [5.41, 5.74) is 0. The number of benzene rings is 1. The van der Waals surface area contributed by atoms with E-state index in [-0.39, 0.29) is 12.5 Å². The van der Waals surface area contributed by atoms with Gasteiger partial charge in [0.1, 0.15) is 5.75 Å². The summed E-state index contributed by atoms with van der Waals surface area (Å²) in [5.74, 6) is 0.605. The van der Waals surface area contributed by atoms with Crippen LogP contribution in [0.25, 0.3) is 0 Å². The van der Waals surface area contributed by atoms with Crippen LogP contribution in [0.3, 0.4) is 0 Å². The zero-order valence-electron chi connectivity index (χ0n) is 11.0. The molecule has 1 heterocycles. The minimum Gasteiger partial charge on any atom is -0.484 e. The average Bonchev–Trinajstić information content (AvgIpc) is 2.96. The minimum atomic E-state index is -0.103. The lowest BCUT2D eigenvalue weighted by atomic mass is 10.3. The number of carbonyl (C=O) groups excluding carboxylic acids is 1. The third kappa shape index (κ3) is 5.20. The van der Waals surface area contributed by atoms with Crippen molar-refractivity contribution in [1.29, 1.82) is 0 Å². The lowest BCUT2D eigenvalue weighted by molar-refractivity contribution is -0.123. The van der Waals surface area contributed by atoms with Crippen molar-refractivity contribution in [2.24, 2.45) is 0 Å². The highest BCUT2D eigenvalue weighted by Crippen LogP contribution is 2.13. The van der Waals surface area contributed by atoms with Crippen molar-refractivity contribution < 1.29 is 9.53 Å². The Hall–Kier alpha value is -1.57. The van der Waals surface area contributed by atoms with E-state index in [9.17, 15) is 4.79 Å². The molecule has 1 amide bonds. The number of aromatic nitrogens is 2. The van der Waals surface area contributed by atoms with E-state index < -0.39 is 0 Å². The zero-order chi connectivity index (χ0) is 14.2. The van der Waals surface area contributed by atoms with Gasteiger partial charge in [-0.25, -0.2) is 4.98 Å². The topological polar surface area (TPSA) is 56.1 Å². The van der Waals surface area contributed by atoms with Crippen molar-refractivity contribution in [2.45, 2.75) is 13.0 Å². The molecule has 0 unspecified atom stereocenters. The normalized spacial score (nSPS) is 10.2. The highest BCUT2D eigenvalue weighted by molar-refractivity contribution is 14.1. The molecule has 5 nitrogen and oxygen atoms in total. The molecule has 0 bridgehead atoms. The highest BCUT2D eigenvalue weighted by Gasteiger charge is 2.02. The molecule has 0 fully saturated rings. The largest absolute Gasteiger partial charge is 0.484 e. The fourth-order valence-electron chi connectivity index (χ4n) is 1.64. The maximum atomic E-state index is 11.6. The summed E-state index contributed by atoms with van der Waals surface area (Å²) in [6.45, 7) is 1.52. The number of amides is 1. The highest BCUT2D eigenvalue weighted by atomic mass is 127. The predicted molar refractivity (Wildman–Crippen MR) is 84.5 cm³/mol. The summed E-state index contributed by atoms with van der Waals surface area (Å²) in [6.07, 6.45) is 6.28. The molecule has 2 aromatic rings. The summed E-state index contributed by atoms with van der Waals surface area (Å²) in [5, 5.41) is 2.83. The Morgan fingerprint density at radius 2 is 2.15 bits per heavy atom. The molecule has 0 aliphatic heterocycles. The van der Waals surface area contributed by atoms with Gasteiger partial charge >= 0.3 is 0 Å². The molecule has 0 radical (unpaired) electrons.